The van der Waals surface area contributed by atoms with Crippen molar-refractivity contribution < 1.29 is 13.9 Å². The molecule has 6 heteroatoms. The quantitative estimate of drug-likeness (QED) is 0.772. The molecule has 1 aromatic rings. The SMILES string of the molecule is CC(C)(C)OC(=O)NCc1cnc(N)o1. The Bertz CT molecular complexity index is 341. The number of nitrogens with two attached hydrogens (primary N) is 1. The smallest absolute Gasteiger partial charge is 0.408 e. The standard InChI is InChI=1S/C9H15N3O3/c1-9(2,3)15-8(13)12-5-6-4-11-7(10)14-6/h4H,5H2,1-3H3,(H2,10,11)(H,12,13). The first kappa shape index (κ1) is 11.4. The number of nitrogen functional groups attached to an aromatic ring is 1. The summed E-state index contributed by atoms with van der Waals surface area (Å²) in [6, 6.07) is 0.0796. The van der Waals surface area contributed by atoms with Crippen LogP contribution in [0.5, 0.6) is 0 Å². The van der Waals surface area contributed by atoms with Crippen LogP contribution in [0.2, 0.25) is 0 Å². The van der Waals surface area contributed by atoms with Crippen molar-refractivity contribution in [2.24, 2.45) is 0 Å². The Morgan fingerprint density at radius 3 is 2.80 bits per heavy atom. The van der Waals surface area contributed by atoms with E-state index in [1.54, 1.807) is 20.8 Å². The maximum absolute atomic E-state index is 11.2. The zero-order valence-corrected chi connectivity index (χ0v) is 9.03. The van der Waals surface area contributed by atoms with E-state index in [9.17, 15) is 4.79 Å². The van der Waals surface area contributed by atoms with Crippen molar-refractivity contribution in [1.29, 1.82) is 0 Å². The number of oxazole rings is 1. The van der Waals surface area contributed by atoms with Crippen LogP contribution in [-0.2, 0) is 11.3 Å². The van der Waals surface area contributed by atoms with Crippen molar-refractivity contribution in [2.75, 3.05) is 5.73 Å². The number of ether oxygens (including phenoxy) is 1. The largest absolute Gasteiger partial charge is 0.444 e. The molecular formula is C9H15N3O3. The molecule has 1 aromatic heterocycles. The number of amides is 1. The average molecular weight is 213 g/mol. The Hall–Kier alpha value is -1.72. The highest BCUT2D eigenvalue weighted by Gasteiger charge is 2.16. The summed E-state index contributed by atoms with van der Waals surface area (Å²) in [4.78, 5) is 14.9. The van der Waals surface area contributed by atoms with Crippen molar-refractivity contribution >= 4 is 12.1 Å². The van der Waals surface area contributed by atoms with Crippen LogP contribution in [0.1, 0.15) is 26.5 Å². The predicted molar refractivity (Wildman–Crippen MR) is 54.0 cm³/mol. The van der Waals surface area contributed by atoms with Crippen molar-refractivity contribution in [3.8, 4) is 0 Å². The molecule has 0 spiro atoms. The van der Waals surface area contributed by atoms with Gasteiger partial charge in [-0.25, -0.2) is 9.78 Å². The molecule has 0 radical (unpaired) electrons. The number of nitrogens with one attached hydrogen (secondary N) is 1. The van der Waals surface area contributed by atoms with Crippen molar-refractivity contribution in [3.63, 3.8) is 0 Å². The van der Waals surface area contributed by atoms with Gasteiger partial charge in [0.15, 0.2) is 0 Å². The number of hydrogen-bond donors (Lipinski definition) is 2. The second-order valence-corrected chi connectivity index (χ2v) is 4.02. The number of anilines is 1. The van der Waals surface area contributed by atoms with E-state index in [-0.39, 0.29) is 12.6 Å². The van der Waals surface area contributed by atoms with Gasteiger partial charge in [0.25, 0.3) is 6.01 Å². The fourth-order valence-corrected chi connectivity index (χ4v) is 0.878. The van der Waals surface area contributed by atoms with E-state index in [4.69, 9.17) is 14.9 Å². The summed E-state index contributed by atoms with van der Waals surface area (Å²) in [6.45, 7) is 5.58. The van der Waals surface area contributed by atoms with Crippen LogP contribution in [0, 0.1) is 0 Å². The molecule has 3 N–H and O–H groups in total. The minimum absolute atomic E-state index is 0.0796. The fourth-order valence-electron chi connectivity index (χ4n) is 0.878. The molecule has 0 aliphatic heterocycles. The van der Waals surface area contributed by atoms with E-state index in [1.165, 1.54) is 6.20 Å². The Morgan fingerprint density at radius 2 is 2.33 bits per heavy atom. The predicted octanol–water partition coefficient (Wildman–Crippen LogP) is 1.28. The highest BCUT2D eigenvalue weighted by Crippen LogP contribution is 2.07. The van der Waals surface area contributed by atoms with Gasteiger partial charge in [-0.05, 0) is 20.8 Å². The molecule has 0 fully saturated rings. The zero-order valence-electron chi connectivity index (χ0n) is 9.03. The molecular weight excluding hydrogens is 198 g/mol. The molecule has 0 saturated carbocycles. The maximum Gasteiger partial charge on any atom is 0.408 e. The number of carbonyl (C=O) groups excluding carboxylic acids is 1. The Labute approximate surface area is 87.8 Å². The summed E-state index contributed by atoms with van der Waals surface area (Å²) < 4.78 is 9.98. The first-order chi connectivity index (χ1) is 6.87. The van der Waals surface area contributed by atoms with Crippen molar-refractivity contribution in [1.82, 2.24) is 10.3 Å². The summed E-state index contributed by atoms with van der Waals surface area (Å²) in [6.07, 6.45) is 0.949. The summed E-state index contributed by atoms with van der Waals surface area (Å²) >= 11 is 0. The summed E-state index contributed by atoms with van der Waals surface area (Å²) in [5.41, 5.74) is 4.76. The lowest BCUT2D eigenvalue weighted by atomic mass is 10.2. The van der Waals surface area contributed by atoms with E-state index in [1.807, 2.05) is 0 Å². The molecule has 0 atom stereocenters. The molecule has 84 valence electrons. The van der Waals surface area contributed by atoms with E-state index >= 15 is 0 Å². The molecule has 0 bridgehead atoms. The van der Waals surface area contributed by atoms with Gasteiger partial charge in [0.1, 0.15) is 11.4 Å². The number of carbonyl (C=O) groups is 1. The molecule has 15 heavy (non-hydrogen) atoms. The molecule has 1 amide bonds. The Balaban J connectivity index is 2.35. The Kier molecular flexibility index (Phi) is 3.18. The monoisotopic (exact) mass is 213 g/mol. The van der Waals surface area contributed by atoms with Gasteiger partial charge < -0.3 is 20.2 Å². The molecule has 0 unspecified atom stereocenters. The number of hydrogen-bond acceptors (Lipinski definition) is 5. The van der Waals surface area contributed by atoms with Crippen molar-refractivity contribution in [2.45, 2.75) is 32.9 Å². The van der Waals surface area contributed by atoms with Crippen LogP contribution in [0.3, 0.4) is 0 Å². The van der Waals surface area contributed by atoms with Gasteiger partial charge >= 0.3 is 6.09 Å². The first-order valence-electron chi connectivity index (χ1n) is 4.54. The van der Waals surface area contributed by atoms with E-state index in [0.717, 1.165) is 0 Å². The van der Waals surface area contributed by atoms with Crippen LogP contribution in [0.25, 0.3) is 0 Å². The van der Waals surface area contributed by atoms with Crippen LogP contribution >= 0.6 is 0 Å². The number of aromatic nitrogens is 1. The summed E-state index contributed by atoms with van der Waals surface area (Å²) in [7, 11) is 0. The molecule has 0 aliphatic carbocycles. The second-order valence-electron chi connectivity index (χ2n) is 4.02. The molecule has 1 heterocycles. The van der Waals surface area contributed by atoms with E-state index in [0.29, 0.717) is 5.76 Å². The third-order valence-corrected chi connectivity index (χ3v) is 1.38. The fraction of sp³-hybridized carbons (Fsp3) is 0.556. The normalized spacial score (nSPS) is 11.1. The van der Waals surface area contributed by atoms with E-state index in [2.05, 4.69) is 10.3 Å². The van der Waals surface area contributed by atoms with Gasteiger partial charge in [-0.2, -0.15) is 0 Å². The molecule has 1 rings (SSSR count). The van der Waals surface area contributed by atoms with Crippen molar-refractivity contribution in [3.05, 3.63) is 12.0 Å². The van der Waals surface area contributed by atoms with Gasteiger partial charge in [0, 0.05) is 0 Å². The lowest BCUT2D eigenvalue weighted by Gasteiger charge is -2.19. The van der Waals surface area contributed by atoms with Gasteiger partial charge in [-0.15, -0.1) is 0 Å². The number of alkyl carbamates (subject to hydrolysis) is 1. The third kappa shape index (κ3) is 4.35. The first-order valence-corrected chi connectivity index (χ1v) is 4.54. The molecule has 0 saturated heterocycles. The molecule has 6 nitrogen and oxygen atoms in total. The number of rotatable bonds is 2. The van der Waals surface area contributed by atoms with Crippen LogP contribution in [0.15, 0.2) is 10.6 Å². The minimum atomic E-state index is -0.509. The third-order valence-electron chi connectivity index (χ3n) is 1.38. The van der Waals surface area contributed by atoms with Gasteiger partial charge in [0.05, 0.1) is 12.7 Å². The highest BCUT2D eigenvalue weighted by molar-refractivity contribution is 5.67. The van der Waals surface area contributed by atoms with Gasteiger partial charge in [0.2, 0.25) is 0 Å². The van der Waals surface area contributed by atoms with E-state index < -0.39 is 11.7 Å². The molecule has 0 aromatic carbocycles. The number of nitrogens with zero attached hydrogens (tertiary/aromatic N) is 1. The van der Waals surface area contributed by atoms with Crippen LogP contribution in [0.4, 0.5) is 10.8 Å². The Morgan fingerprint density at radius 1 is 1.67 bits per heavy atom. The second kappa shape index (κ2) is 4.20. The summed E-state index contributed by atoms with van der Waals surface area (Å²) in [5, 5.41) is 2.52. The van der Waals surface area contributed by atoms with Crippen LogP contribution < -0.4 is 11.1 Å². The zero-order chi connectivity index (χ0) is 11.5. The topological polar surface area (TPSA) is 90.4 Å². The summed E-state index contributed by atoms with van der Waals surface area (Å²) in [5.74, 6) is 0.485. The molecule has 0 aliphatic rings. The highest BCUT2D eigenvalue weighted by atomic mass is 16.6. The lowest BCUT2D eigenvalue weighted by molar-refractivity contribution is 0.0520. The maximum atomic E-state index is 11.2. The average Bonchev–Trinajstić information content (AvgIpc) is 2.45. The minimum Gasteiger partial charge on any atom is -0.444 e. The lowest BCUT2D eigenvalue weighted by Crippen LogP contribution is -2.32. The van der Waals surface area contributed by atoms with Gasteiger partial charge in [-0.1, -0.05) is 0 Å². The van der Waals surface area contributed by atoms with Crippen LogP contribution in [-0.4, -0.2) is 16.7 Å². The van der Waals surface area contributed by atoms with Gasteiger partial charge in [-0.3, -0.25) is 0 Å².